The fraction of sp³-hybridized carbons (Fsp3) is 0.462. The van der Waals surface area contributed by atoms with Crippen LogP contribution in [0.2, 0.25) is 0 Å². The minimum atomic E-state index is 0.183. The average molecular weight is 250 g/mol. The minimum Gasteiger partial charge on any atom is -0.399 e. The molecule has 1 aliphatic heterocycles. The molecule has 1 atom stereocenters. The summed E-state index contributed by atoms with van der Waals surface area (Å²) in [5.41, 5.74) is 7.41. The molecule has 0 aromatic heterocycles. The number of rotatable bonds is 3. The van der Waals surface area contributed by atoms with E-state index in [0.29, 0.717) is 12.5 Å². The zero-order chi connectivity index (χ0) is 12.3. The molecular weight excluding hydrogens is 232 g/mol. The van der Waals surface area contributed by atoms with Crippen molar-refractivity contribution in [3.8, 4) is 0 Å². The maximum Gasteiger partial charge on any atom is 0.227 e. The van der Waals surface area contributed by atoms with Crippen molar-refractivity contribution in [3.63, 3.8) is 0 Å². The van der Waals surface area contributed by atoms with E-state index in [1.165, 1.54) is 5.75 Å². The third-order valence-electron chi connectivity index (χ3n) is 3.15. The molecule has 3 nitrogen and oxygen atoms in total. The molecule has 1 aromatic rings. The second kappa shape index (κ2) is 5.45. The van der Waals surface area contributed by atoms with E-state index >= 15 is 0 Å². The molecule has 1 heterocycles. The van der Waals surface area contributed by atoms with E-state index in [1.54, 1.807) is 0 Å². The van der Waals surface area contributed by atoms with Crippen molar-refractivity contribution in [3.05, 3.63) is 29.8 Å². The van der Waals surface area contributed by atoms with E-state index in [2.05, 4.69) is 0 Å². The highest BCUT2D eigenvalue weighted by molar-refractivity contribution is 7.99. The number of nitrogens with zero attached hydrogens (tertiary/aromatic N) is 1. The van der Waals surface area contributed by atoms with Gasteiger partial charge in [-0.15, -0.1) is 0 Å². The summed E-state index contributed by atoms with van der Waals surface area (Å²) in [6.45, 7) is 0. The first-order valence-electron chi connectivity index (χ1n) is 5.84. The largest absolute Gasteiger partial charge is 0.399 e. The molecule has 92 valence electrons. The molecule has 0 saturated carbocycles. The van der Waals surface area contributed by atoms with Crippen LogP contribution in [0.3, 0.4) is 0 Å². The first-order valence-corrected chi connectivity index (χ1v) is 7.00. The molecule has 1 aromatic carbocycles. The number of anilines is 1. The van der Waals surface area contributed by atoms with Gasteiger partial charge in [0.15, 0.2) is 0 Å². The van der Waals surface area contributed by atoms with Crippen molar-refractivity contribution in [2.24, 2.45) is 0 Å². The zero-order valence-electron chi connectivity index (χ0n) is 10.1. The van der Waals surface area contributed by atoms with Gasteiger partial charge >= 0.3 is 0 Å². The maximum atomic E-state index is 12.1. The lowest BCUT2D eigenvalue weighted by molar-refractivity contribution is -0.130. The van der Waals surface area contributed by atoms with Crippen LogP contribution in [0.1, 0.15) is 12.0 Å². The van der Waals surface area contributed by atoms with E-state index in [4.69, 9.17) is 5.73 Å². The molecular formula is C13H18N2OS. The Morgan fingerprint density at radius 1 is 1.59 bits per heavy atom. The Balaban J connectivity index is 1.96. The molecule has 17 heavy (non-hydrogen) atoms. The van der Waals surface area contributed by atoms with E-state index in [0.717, 1.165) is 23.4 Å². The van der Waals surface area contributed by atoms with Gasteiger partial charge in [0.25, 0.3) is 0 Å². The van der Waals surface area contributed by atoms with Gasteiger partial charge < -0.3 is 10.6 Å². The van der Waals surface area contributed by atoms with E-state index in [-0.39, 0.29) is 5.91 Å². The number of carbonyl (C=O) groups excluding carboxylic acids is 1. The number of thioether (sulfide) groups is 1. The summed E-state index contributed by atoms with van der Waals surface area (Å²) in [5, 5.41) is 0. The van der Waals surface area contributed by atoms with Crippen molar-refractivity contribution in [2.75, 3.05) is 24.3 Å². The summed E-state index contributed by atoms with van der Waals surface area (Å²) in [6.07, 6.45) is 1.56. The Hall–Kier alpha value is -1.16. The van der Waals surface area contributed by atoms with Crippen LogP contribution in [0.5, 0.6) is 0 Å². The molecule has 4 heteroatoms. The van der Waals surface area contributed by atoms with Crippen LogP contribution in [-0.4, -0.2) is 35.4 Å². The fourth-order valence-corrected chi connectivity index (χ4v) is 3.30. The van der Waals surface area contributed by atoms with Crippen molar-refractivity contribution >= 4 is 23.4 Å². The third kappa shape index (κ3) is 3.16. The third-order valence-corrected chi connectivity index (χ3v) is 4.30. The summed E-state index contributed by atoms with van der Waals surface area (Å²) in [5.74, 6) is 2.42. The molecule has 1 unspecified atom stereocenters. The lowest BCUT2D eigenvalue weighted by Crippen LogP contribution is -2.37. The number of nitrogen functional groups attached to an aromatic ring is 1. The molecule has 0 spiro atoms. The van der Waals surface area contributed by atoms with Gasteiger partial charge in [-0.3, -0.25) is 4.79 Å². The van der Waals surface area contributed by atoms with Gasteiger partial charge in [0, 0.05) is 24.5 Å². The summed E-state index contributed by atoms with van der Waals surface area (Å²) < 4.78 is 0. The average Bonchev–Trinajstić information content (AvgIpc) is 2.81. The monoisotopic (exact) mass is 250 g/mol. The van der Waals surface area contributed by atoms with Gasteiger partial charge in [-0.25, -0.2) is 0 Å². The Labute approximate surface area is 106 Å². The van der Waals surface area contributed by atoms with Crippen LogP contribution >= 0.6 is 11.8 Å². The minimum absolute atomic E-state index is 0.183. The second-order valence-electron chi connectivity index (χ2n) is 4.44. The summed E-state index contributed by atoms with van der Waals surface area (Å²) in [4.78, 5) is 14.0. The predicted molar refractivity (Wildman–Crippen MR) is 73.1 cm³/mol. The van der Waals surface area contributed by atoms with Crippen LogP contribution < -0.4 is 5.73 Å². The van der Waals surface area contributed by atoms with Crippen LogP contribution in [-0.2, 0) is 11.2 Å². The Kier molecular flexibility index (Phi) is 3.94. The lowest BCUT2D eigenvalue weighted by Gasteiger charge is -2.23. The van der Waals surface area contributed by atoms with Gasteiger partial charge in [0.2, 0.25) is 5.91 Å². The Morgan fingerprint density at radius 2 is 2.41 bits per heavy atom. The molecule has 0 aliphatic carbocycles. The van der Waals surface area contributed by atoms with Crippen molar-refractivity contribution in [2.45, 2.75) is 18.9 Å². The number of hydrogen-bond donors (Lipinski definition) is 1. The van der Waals surface area contributed by atoms with Crippen LogP contribution in [0.25, 0.3) is 0 Å². The van der Waals surface area contributed by atoms with Gasteiger partial charge in [-0.2, -0.15) is 11.8 Å². The maximum absolute atomic E-state index is 12.1. The van der Waals surface area contributed by atoms with Gasteiger partial charge in [0.1, 0.15) is 0 Å². The fourth-order valence-electron chi connectivity index (χ4n) is 2.03. The number of amides is 1. The van der Waals surface area contributed by atoms with Crippen LogP contribution in [0, 0.1) is 0 Å². The molecule has 2 rings (SSSR count). The smallest absolute Gasteiger partial charge is 0.227 e. The van der Waals surface area contributed by atoms with Gasteiger partial charge in [0.05, 0.1) is 6.42 Å². The molecule has 1 saturated heterocycles. The lowest BCUT2D eigenvalue weighted by atomic mass is 10.1. The SMILES string of the molecule is CN(C(=O)Cc1cccc(N)c1)C1CCSC1. The zero-order valence-corrected chi connectivity index (χ0v) is 10.9. The van der Waals surface area contributed by atoms with Crippen LogP contribution in [0.15, 0.2) is 24.3 Å². The highest BCUT2D eigenvalue weighted by atomic mass is 32.2. The van der Waals surface area contributed by atoms with E-state index in [9.17, 15) is 4.79 Å². The first kappa shape index (κ1) is 12.3. The molecule has 0 radical (unpaired) electrons. The van der Waals surface area contributed by atoms with Crippen molar-refractivity contribution in [1.29, 1.82) is 0 Å². The number of hydrogen-bond acceptors (Lipinski definition) is 3. The highest BCUT2D eigenvalue weighted by Gasteiger charge is 2.23. The molecule has 1 aliphatic rings. The summed E-state index contributed by atoms with van der Waals surface area (Å²) in [6, 6.07) is 7.96. The first-order chi connectivity index (χ1) is 8.16. The topological polar surface area (TPSA) is 46.3 Å². The molecule has 2 N–H and O–H groups in total. The molecule has 1 fully saturated rings. The highest BCUT2D eigenvalue weighted by Crippen LogP contribution is 2.22. The quantitative estimate of drug-likeness (QED) is 0.832. The second-order valence-corrected chi connectivity index (χ2v) is 5.59. The summed E-state index contributed by atoms with van der Waals surface area (Å²) >= 11 is 1.92. The number of likely N-dealkylation sites (N-methyl/N-ethyl adjacent to an activating group) is 1. The molecule has 1 amide bonds. The Morgan fingerprint density at radius 3 is 3.06 bits per heavy atom. The number of carbonyl (C=O) groups is 1. The van der Waals surface area contributed by atoms with Gasteiger partial charge in [-0.05, 0) is 29.9 Å². The Bertz CT molecular complexity index is 402. The van der Waals surface area contributed by atoms with Crippen molar-refractivity contribution < 1.29 is 4.79 Å². The van der Waals surface area contributed by atoms with Crippen LogP contribution in [0.4, 0.5) is 5.69 Å². The standard InChI is InChI=1S/C13H18N2OS/c1-15(12-5-6-17-9-12)13(16)8-10-3-2-4-11(14)7-10/h2-4,7,12H,5-6,8-9,14H2,1H3. The van der Waals surface area contributed by atoms with Crippen molar-refractivity contribution in [1.82, 2.24) is 4.90 Å². The predicted octanol–water partition coefficient (Wildman–Crippen LogP) is 1.78. The number of nitrogens with two attached hydrogens (primary N) is 1. The van der Waals surface area contributed by atoms with E-state index in [1.807, 2.05) is 48.0 Å². The molecule has 0 bridgehead atoms. The normalized spacial score (nSPS) is 19.2. The summed E-state index contributed by atoms with van der Waals surface area (Å²) in [7, 11) is 1.91. The number of benzene rings is 1. The van der Waals surface area contributed by atoms with Gasteiger partial charge in [-0.1, -0.05) is 12.1 Å². The van der Waals surface area contributed by atoms with E-state index < -0.39 is 0 Å².